The lowest BCUT2D eigenvalue weighted by atomic mass is 10.1. The van der Waals surface area contributed by atoms with Gasteiger partial charge in [0.2, 0.25) is 0 Å². The van der Waals surface area contributed by atoms with Gasteiger partial charge in [-0.2, -0.15) is 24.2 Å². The highest BCUT2D eigenvalue weighted by molar-refractivity contribution is 7.53. The molecule has 1 saturated heterocycles. The Kier molecular flexibility index (Phi) is 5.13. The number of aliphatic hydroxyl groups is 1. The highest BCUT2D eigenvalue weighted by Gasteiger charge is 2.48. The fourth-order valence-corrected chi connectivity index (χ4v) is 2.31. The molecular formula is C9H14FN3O9P+. The molecule has 14 heteroatoms. The number of hydrogen-bond acceptors (Lipinski definition) is 11. The zero-order valence-corrected chi connectivity index (χ0v) is 12.1. The van der Waals surface area contributed by atoms with Crippen molar-refractivity contribution in [1.82, 2.24) is 9.55 Å². The number of nitrogens with one attached hydrogen (secondary N) is 1. The van der Waals surface area contributed by atoms with Gasteiger partial charge in [-0.05, 0) is 0 Å². The van der Waals surface area contributed by atoms with Crippen LogP contribution in [-0.2, 0) is 9.26 Å². The van der Waals surface area contributed by atoms with Crippen LogP contribution in [0.25, 0.3) is 0 Å². The monoisotopic (exact) mass is 358 g/mol. The molecule has 1 aliphatic heterocycles. The Morgan fingerprint density at radius 1 is 1.48 bits per heavy atom. The van der Waals surface area contributed by atoms with Crippen LogP contribution in [0.3, 0.4) is 0 Å². The molecule has 0 amide bonds. The molecule has 0 radical (unpaired) electrons. The summed E-state index contributed by atoms with van der Waals surface area (Å²) in [6, 6.07) is 0. The summed E-state index contributed by atoms with van der Waals surface area (Å²) in [6.45, 7) is -0.764. The molecule has 1 fully saturated rings. The Bertz CT molecular complexity index is 623. The van der Waals surface area contributed by atoms with E-state index < -0.39 is 56.6 Å². The van der Waals surface area contributed by atoms with E-state index in [2.05, 4.69) is 9.51 Å². The zero-order chi connectivity index (χ0) is 17.4. The van der Waals surface area contributed by atoms with E-state index in [1.165, 1.54) is 5.48 Å². The molecule has 0 spiro atoms. The van der Waals surface area contributed by atoms with Gasteiger partial charge >= 0.3 is 13.9 Å². The predicted octanol–water partition coefficient (Wildman–Crippen LogP) is -1.98. The van der Waals surface area contributed by atoms with Crippen molar-refractivity contribution in [1.29, 1.82) is 0 Å². The first-order valence-corrected chi connectivity index (χ1v) is 7.62. The maximum atomic E-state index is 14.1. The highest BCUT2D eigenvalue weighted by Crippen LogP contribution is 2.46. The lowest BCUT2D eigenvalue weighted by molar-refractivity contribution is -0.0507. The summed E-state index contributed by atoms with van der Waals surface area (Å²) in [5.74, 6) is -1.25. The van der Waals surface area contributed by atoms with Crippen molar-refractivity contribution >= 4 is 14.0 Å². The number of hydrogen-bond donors (Lipinski definition) is 7. The van der Waals surface area contributed by atoms with Crippen LogP contribution in [0, 0.1) is 0 Å². The molecule has 7 N–H and O–H groups in total. The van der Waals surface area contributed by atoms with Crippen LogP contribution in [0.4, 0.5) is 10.2 Å². The number of ether oxygens (including phenoxy) is 1. The first-order chi connectivity index (χ1) is 10.6. The normalized spacial score (nSPS) is 28.1. The van der Waals surface area contributed by atoms with E-state index in [1.807, 2.05) is 0 Å². The van der Waals surface area contributed by atoms with Crippen LogP contribution in [-0.4, -0.2) is 64.6 Å². The van der Waals surface area contributed by atoms with Crippen LogP contribution in [0.5, 0.6) is 5.75 Å². The summed E-state index contributed by atoms with van der Waals surface area (Å²) in [4.78, 5) is 41.0. The second-order valence-electron chi connectivity index (χ2n) is 4.59. The van der Waals surface area contributed by atoms with E-state index in [-0.39, 0.29) is 0 Å². The van der Waals surface area contributed by atoms with Crippen molar-refractivity contribution in [3.63, 3.8) is 0 Å². The molecule has 23 heavy (non-hydrogen) atoms. The van der Waals surface area contributed by atoms with Crippen molar-refractivity contribution in [2.45, 2.75) is 24.6 Å². The van der Waals surface area contributed by atoms with E-state index in [4.69, 9.17) is 24.6 Å². The van der Waals surface area contributed by atoms with Gasteiger partial charge in [0.05, 0.1) is 6.20 Å². The molecule has 1 aliphatic rings. The quantitative estimate of drug-likeness (QED) is 0.228. The van der Waals surface area contributed by atoms with Crippen LogP contribution in [0.2, 0.25) is 0 Å². The Hall–Kier alpha value is -1.44. The summed E-state index contributed by atoms with van der Waals surface area (Å²) in [5, 5.41) is 27.8. The van der Waals surface area contributed by atoms with Gasteiger partial charge in [0.25, 0.3) is 0 Å². The third kappa shape index (κ3) is 3.91. The maximum absolute atomic E-state index is 14.1. The van der Waals surface area contributed by atoms with Crippen molar-refractivity contribution in [2.24, 2.45) is 0 Å². The highest BCUT2D eigenvalue weighted by atomic mass is 31.2. The molecule has 2 rings (SSSR count). The average molecular weight is 358 g/mol. The van der Waals surface area contributed by atoms with Crippen LogP contribution < -0.4 is 11.2 Å². The number of halogens is 1. The summed E-state index contributed by atoms with van der Waals surface area (Å²) >= 11 is 0. The van der Waals surface area contributed by atoms with E-state index >= 15 is 0 Å². The van der Waals surface area contributed by atoms with Gasteiger partial charge in [-0.3, -0.25) is 9.77 Å². The largest absolute Gasteiger partial charge is 0.567 e. The lowest BCUT2D eigenvalue weighted by Gasteiger charge is -2.16. The molecule has 130 valence electrons. The fraction of sp³-hybridized carbons (Fsp3) is 0.556. The number of aromatic hydroxyl groups is 1. The summed E-state index contributed by atoms with van der Waals surface area (Å²) in [5.41, 5.74) is 0.359. The second kappa shape index (κ2) is 6.59. The summed E-state index contributed by atoms with van der Waals surface area (Å²) < 4.78 is 23.9. The van der Waals surface area contributed by atoms with Gasteiger partial charge in [-0.25, -0.2) is 14.7 Å². The molecule has 2 heterocycles. The first kappa shape index (κ1) is 17.9. The Labute approximate surface area is 127 Å². The molecule has 0 bridgehead atoms. The number of nitrogens with zero attached hydrogens (tertiary/aromatic N) is 2. The standard InChI is InChI=1S/C9H13FN3O9P/c10-5-6(15)4(2-21-23(18,19)20)22-8(5)13-1-3(14)7(12-17)11-9(13)16/h1,4-6,8,15,18-20H,2H2,(H2-,11,12,14,16,17)/p+1. The molecule has 0 aliphatic carbocycles. The van der Waals surface area contributed by atoms with E-state index in [0.717, 1.165) is 6.20 Å². The Morgan fingerprint density at radius 3 is 2.70 bits per heavy atom. The van der Waals surface area contributed by atoms with Crippen molar-refractivity contribution in [2.75, 3.05) is 12.1 Å². The summed E-state index contributed by atoms with van der Waals surface area (Å²) in [6.07, 6.45) is -6.34. The van der Waals surface area contributed by atoms with Gasteiger partial charge in [0, 0.05) is 0 Å². The van der Waals surface area contributed by atoms with Gasteiger partial charge in [-0.1, -0.05) is 0 Å². The molecule has 1 aromatic rings. The topological polar surface area (TPSA) is 187 Å². The molecule has 4 atom stereocenters. The maximum Gasteiger partial charge on any atom is 0.567 e. The van der Waals surface area contributed by atoms with Crippen molar-refractivity contribution in [3.05, 3.63) is 16.7 Å². The molecule has 12 nitrogen and oxygen atoms in total. The zero-order valence-electron chi connectivity index (χ0n) is 11.2. The van der Waals surface area contributed by atoms with Gasteiger partial charge in [0.15, 0.2) is 24.0 Å². The second-order valence-corrected chi connectivity index (χ2v) is 5.87. The third-order valence-electron chi connectivity index (χ3n) is 3.02. The molecule has 0 saturated carbocycles. The Morgan fingerprint density at radius 2 is 2.13 bits per heavy atom. The molecular weight excluding hydrogens is 344 g/mol. The van der Waals surface area contributed by atoms with Crippen LogP contribution >= 0.6 is 8.17 Å². The fourth-order valence-electron chi connectivity index (χ4n) is 1.96. The number of aromatic nitrogens is 2. The minimum absolute atomic E-state index is 0.531. The van der Waals surface area contributed by atoms with Crippen molar-refractivity contribution < 1.29 is 43.8 Å². The van der Waals surface area contributed by atoms with Crippen molar-refractivity contribution in [3.8, 4) is 5.75 Å². The van der Waals surface area contributed by atoms with Crippen LogP contribution in [0.15, 0.2) is 11.0 Å². The third-order valence-corrected chi connectivity index (χ3v) is 3.51. The Balaban J connectivity index is 2.21. The number of alkyl halides is 1. The minimum Gasteiger partial charge on any atom is -0.503 e. The summed E-state index contributed by atoms with van der Waals surface area (Å²) in [7, 11) is -4.60. The molecule has 1 aromatic heterocycles. The van der Waals surface area contributed by atoms with Gasteiger partial charge in [-0.15, -0.1) is 0 Å². The SMILES string of the molecule is O=c1nc(NO)c(O)cn1C1OC(CO[P+](O)(O)O)C(O)C1F. The van der Waals surface area contributed by atoms with Crippen LogP contribution in [0.1, 0.15) is 6.23 Å². The first-order valence-electron chi connectivity index (χ1n) is 6.05. The van der Waals surface area contributed by atoms with E-state index in [0.29, 0.717) is 4.57 Å². The minimum atomic E-state index is -4.60. The number of anilines is 1. The van der Waals surface area contributed by atoms with E-state index in [1.54, 1.807) is 0 Å². The lowest BCUT2D eigenvalue weighted by Crippen LogP contribution is -2.33. The molecule has 4 unspecified atom stereocenters. The number of aliphatic hydroxyl groups excluding tert-OH is 1. The van der Waals surface area contributed by atoms with Gasteiger partial charge in [0.1, 0.15) is 18.8 Å². The number of rotatable bonds is 5. The smallest absolute Gasteiger partial charge is 0.503 e. The van der Waals surface area contributed by atoms with E-state index in [9.17, 15) is 19.4 Å². The average Bonchev–Trinajstić information content (AvgIpc) is 2.74. The predicted molar refractivity (Wildman–Crippen MR) is 69.9 cm³/mol. The molecule has 0 aromatic carbocycles. The van der Waals surface area contributed by atoms with Gasteiger partial charge < -0.3 is 14.9 Å².